The molecule has 3 aromatic rings. The molecule has 0 spiro atoms. The van der Waals surface area contributed by atoms with Gasteiger partial charge in [0.2, 0.25) is 0 Å². The van der Waals surface area contributed by atoms with Crippen LogP contribution in [0.25, 0.3) is 5.65 Å². The van der Waals surface area contributed by atoms with Gasteiger partial charge < -0.3 is 4.40 Å². The van der Waals surface area contributed by atoms with Crippen LogP contribution in [0.1, 0.15) is 16.8 Å². The molecule has 5 heteroatoms. The molecule has 0 unspecified atom stereocenters. The van der Waals surface area contributed by atoms with E-state index in [0.29, 0.717) is 0 Å². The van der Waals surface area contributed by atoms with Crippen LogP contribution in [0.3, 0.4) is 0 Å². The number of piperazine rings is 1. The van der Waals surface area contributed by atoms with Crippen molar-refractivity contribution in [1.29, 1.82) is 5.26 Å². The van der Waals surface area contributed by atoms with E-state index in [9.17, 15) is 5.26 Å². The molecule has 1 fully saturated rings. The van der Waals surface area contributed by atoms with Crippen molar-refractivity contribution < 1.29 is 0 Å². The van der Waals surface area contributed by atoms with Crippen LogP contribution in [0.15, 0.2) is 54.9 Å². The van der Waals surface area contributed by atoms with Crippen molar-refractivity contribution >= 4 is 5.65 Å². The largest absolute Gasteiger partial charge is 0.307 e. The normalized spacial score (nSPS) is 16.1. The minimum Gasteiger partial charge on any atom is -0.307 e. The molecule has 1 saturated heterocycles. The quantitative estimate of drug-likeness (QED) is 0.737. The molecule has 0 atom stereocenters. The number of imidazole rings is 1. The van der Waals surface area contributed by atoms with Gasteiger partial charge in [-0.15, -0.1) is 0 Å². The van der Waals surface area contributed by atoms with Gasteiger partial charge in [0, 0.05) is 51.7 Å². The molecule has 1 aliphatic rings. The molecule has 0 bridgehead atoms. The van der Waals surface area contributed by atoms with Crippen LogP contribution in [0.4, 0.5) is 0 Å². The van der Waals surface area contributed by atoms with Crippen LogP contribution in [0.2, 0.25) is 0 Å². The van der Waals surface area contributed by atoms with Crippen LogP contribution in [-0.2, 0) is 13.1 Å². The number of nitriles is 1. The molecule has 2 aromatic heterocycles. The van der Waals surface area contributed by atoms with Gasteiger partial charge >= 0.3 is 0 Å². The Hall–Kier alpha value is -2.68. The van der Waals surface area contributed by atoms with Gasteiger partial charge in [-0.1, -0.05) is 24.3 Å². The minimum atomic E-state index is 0.787. The molecule has 126 valence electrons. The zero-order valence-corrected chi connectivity index (χ0v) is 14.2. The lowest BCUT2D eigenvalue weighted by atomic mass is 10.1. The highest BCUT2D eigenvalue weighted by Gasteiger charge is 2.18. The summed E-state index contributed by atoms with van der Waals surface area (Å²) in [6, 6.07) is 16.3. The Morgan fingerprint density at radius 2 is 1.64 bits per heavy atom. The van der Waals surface area contributed by atoms with Gasteiger partial charge in [0.05, 0.1) is 17.3 Å². The zero-order valence-electron chi connectivity index (χ0n) is 14.2. The van der Waals surface area contributed by atoms with E-state index in [4.69, 9.17) is 0 Å². The van der Waals surface area contributed by atoms with Crippen molar-refractivity contribution in [2.75, 3.05) is 26.2 Å². The molecule has 0 saturated carbocycles. The SMILES string of the molecule is N#Cc1ccccc1CN1CCN(Cc2cn3ccccc3n2)CC1. The number of fused-ring (bicyclic) bond motifs is 1. The fraction of sp³-hybridized carbons (Fsp3) is 0.300. The summed E-state index contributed by atoms with van der Waals surface area (Å²) in [5, 5.41) is 9.23. The first-order chi connectivity index (χ1) is 12.3. The van der Waals surface area contributed by atoms with E-state index in [2.05, 4.69) is 37.5 Å². The third kappa shape index (κ3) is 3.55. The molecule has 3 heterocycles. The summed E-state index contributed by atoms with van der Waals surface area (Å²) in [5.41, 5.74) is 4.03. The lowest BCUT2D eigenvalue weighted by Crippen LogP contribution is -2.45. The first-order valence-electron chi connectivity index (χ1n) is 8.67. The molecule has 25 heavy (non-hydrogen) atoms. The second-order valence-electron chi connectivity index (χ2n) is 6.52. The Balaban J connectivity index is 1.34. The number of hydrogen-bond acceptors (Lipinski definition) is 4. The van der Waals surface area contributed by atoms with E-state index >= 15 is 0 Å². The molecule has 0 aliphatic carbocycles. The monoisotopic (exact) mass is 331 g/mol. The predicted molar refractivity (Wildman–Crippen MR) is 96.9 cm³/mol. The number of rotatable bonds is 4. The number of hydrogen-bond donors (Lipinski definition) is 0. The van der Waals surface area contributed by atoms with Crippen molar-refractivity contribution in [3.05, 3.63) is 71.7 Å². The van der Waals surface area contributed by atoms with E-state index in [1.165, 1.54) is 0 Å². The molecular formula is C20H21N5. The molecule has 0 radical (unpaired) electrons. The zero-order chi connectivity index (χ0) is 17.1. The van der Waals surface area contributed by atoms with Gasteiger partial charge in [-0.3, -0.25) is 9.80 Å². The molecular weight excluding hydrogens is 310 g/mol. The lowest BCUT2D eigenvalue weighted by Gasteiger charge is -2.34. The Labute approximate surface area is 147 Å². The van der Waals surface area contributed by atoms with Crippen molar-refractivity contribution in [2.45, 2.75) is 13.1 Å². The van der Waals surface area contributed by atoms with Crippen LogP contribution < -0.4 is 0 Å². The Morgan fingerprint density at radius 1 is 0.920 bits per heavy atom. The van der Waals surface area contributed by atoms with E-state index in [1.54, 1.807) is 0 Å². The average Bonchev–Trinajstić information content (AvgIpc) is 3.06. The summed E-state index contributed by atoms with van der Waals surface area (Å²) in [7, 11) is 0. The van der Waals surface area contributed by atoms with E-state index in [1.807, 2.05) is 42.6 Å². The van der Waals surface area contributed by atoms with Crippen LogP contribution >= 0.6 is 0 Å². The van der Waals surface area contributed by atoms with Crippen molar-refractivity contribution in [1.82, 2.24) is 19.2 Å². The van der Waals surface area contributed by atoms with Crippen LogP contribution in [0, 0.1) is 11.3 Å². The second-order valence-corrected chi connectivity index (χ2v) is 6.52. The third-order valence-electron chi connectivity index (χ3n) is 4.80. The van der Waals surface area contributed by atoms with Gasteiger partial charge in [-0.05, 0) is 23.8 Å². The number of nitrogens with zero attached hydrogens (tertiary/aromatic N) is 5. The number of benzene rings is 1. The van der Waals surface area contributed by atoms with Gasteiger partial charge in [0.25, 0.3) is 0 Å². The van der Waals surface area contributed by atoms with Gasteiger partial charge in [0.15, 0.2) is 0 Å². The maximum atomic E-state index is 9.23. The molecule has 4 rings (SSSR count). The summed E-state index contributed by atoms with van der Waals surface area (Å²) in [4.78, 5) is 9.57. The fourth-order valence-electron chi connectivity index (χ4n) is 3.41. The summed E-state index contributed by atoms with van der Waals surface area (Å²) in [6.07, 6.45) is 4.15. The molecule has 5 nitrogen and oxygen atoms in total. The summed E-state index contributed by atoms with van der Waals surface area (Å²) in [5.74, 6) is 0. The highest BCUT2D eigenvalue weighted by molar-refractivity contribution is 5.39. The highest BCUT2D eigenvalue weighted by Crippen LogP contribution is 2.14. The van der Waals surface area contributed by atoms with Crippen LogP contribution in [-0.4, -0.2) is 45.4 Å². The Bertz CT molecular complexity index is 867. The van der Waals surface area contributed by atoms with E-state index in [-0.39, 0.29) is 0 Å². The molecule has 0 amide bonds. The first kappa shape index (κ1) is 15.8. The second kappa shape index (κ2) is 7.06. The topological polar surface area (TPSA) is 47.6 Å². The van der Waals surface area contributed by atoms with Gasteiger partial charge in [0.1, 0.15) is 5.65 Å². The summed E-state index contributed by atoms with van der Waals surface area (Å²) in [6.45, 7) is 5.85. The fourth-order valence-corrected chi connectivity index (χ4v) is 3.41. The Morgan fingerprint density at radius 3 is 2.40 bits per heavy atom. The van der Waals surface area contributed by atoms with Crippen molar-refractivity contribution in [3.8, 4) is 6.07 Å². The third-order valence-corrected chi connectivity index (χ3v) is 4.80. The number of aromatic nitrogens is 2. The molecule has 1 aliphatic heterocycles. The highest BCUT2D eigenvalue weighted by atomic mass is 15.3. The van der Waals surface area contributed by atoms with Gasteiger partial charge in [-0.25, -0.2) is 4.98 Å². The lowest BCUT2D eigenvalue weighted by molar-refractivity contribution is 0.121. The van der Waals surface area contributed by atoms with Gasteiger partial charge in [-0.2, -0.15) is 5.26 Å². The maximum Gasteiger partial charge on any atom is 0.137 e. The number of pyridine rings is 1. The van der Waals surface area contributed by atoms with E-state index < -0.39 is 0 Å². The Kier molecular flexibility index (Phi) is 4.47. The molecule has 0 N–H and O–H groups in total. The smallest absolute Gasteiger partial charge is 0.137 e. The van der Waals surface area contributed by atoms with E-state index in [0.717, 1.165) is 61.7 Å². The first-order valence-corrected chi connectivity index (χ1v) is 8.67. The predicted octanol–water partition coefficient (Wildman–Crippen LogP) is 2.52. The van der Waals surface area contributed by atoms with Crippen LogP contribution in [0.5, 0.6) is 0 Å². The minimum absolute atomic E-state index is 0.787. The molecule has 1 aromatic carbocycles. The standard InChI is InChI=1S/C20H21N5/c21-13-17-5-1-2-6-18(17)14-23-9-11-24(12-10-23)15-19-16-25-8-4-3-7-20(25)22-19/h1-8,16H,9-12,14-15H2. The van der Waals surface area contributed by atoms with Crippen molar-refractivity contribution in [2.24, 2.45) is 0 Å². The summed E-state index contributed by atoms with van der Waals surface area (Å²) < 4.78 is 2.07. The maximum absolute atomic E-state index is 9.23. The summed E-state index contributed by atoms with van der Waals surface area (Å²) >= 11 is 0. The average molecular weight is 331 g/mol. The van der Waals surface area contributed by atoms with Crippen molar-refractivity contribution in [3.63, 3.8) is 0 Å².